The van der Waals surface area contributed by atoms with E-state index >= 15 is 0 Å². The smallest absolute Gasteiger partial charge is 0.0865 e. The maximum atomic E-state index is 5.98. The number of rotatable bonds is 6. The van der Waals surface area contributed by atoms with Crippen LogP contribution in [0.1, 0.15) is 30.6 Å². The van der Waals surface area contributed by atoms with Crippen LogP contribution in [0.15, 0.2) is 60.7 Å². The number of hydrogen-bond donors (Lipinski definition) is 0. The zero-order chi connectivity index (χ0) is 12.6. The molecule has 1 unspecified atom stereocenters. The van der Waals surface area contributed by atoms with E-state index in [9.17, 15) is 0 Å². The van der Waals surface area contributed by atoms with E-state index in [4.69, 9.17) is 4.74 Å². The van der Waals surface area contributed by atoms with E-state index in [1.54, 1.807) is 0 Å². The Morgan fingerprint density at radius 3 is 2.11 bits per heavy atom. The summed E-state index contributed by atoms with van der Waals surface area (Å²) < 4.78 is 5.98. The third-order valence-corrected chi connectivity index (χ3v) is 2.96. The Morgan fingerprint density at radius 2 is 1.50 bits per heavy atom. The molecule has 0 radical (unpaired) electrons. The molecule has 18 heavy (non-hydrogen) atoms. The minimum absolute atomic E-state index is 0.161. The average Bonchev–Trinajstić information content (AvgIpc) is 2.45. The van der Waals surface area contributed by atoms with E-state index in [0.29, 0.717) is 0 Å². The van der Waals surface area contributed by atoms with Crippen molar-refractivity contribution in [2.75, 3.05) is 6.61 Å². The van der Waals surface area contributed by atoms with Crippen molar-refractivity contribution in [2.45, 2.75) is 25.9 Å². The van der Waals surface area contributed by atoms with E-state index in [1.807, 2.05) is 12.1 Å². The molecule has 1 nitrogen and oxygen atoms in total. The Hall–Kier alpha value is -1.60. The molecule has 0 N–H and O–H groups in total. The summed E-state index contributed by atoms with van der Waals surface area (Å²) in [5.74, 6) is 0. The average molecular weight is 240 g/mol. The predicted molar refractivity (Wildman–Crippen MR) is 75.6 cm³/mol. The quantitative estimate of drug-likeness (QED) is 0.727. The molecule has 0 saturated heterocycles. The van der Waals surface area contributed by atoms with Gasteiger partial charge in [0.05, 0.1) is 6.10 Å². The second-order valence-corrected chi connectivity index (χ2v) is 4.46. The van der Waals surface area contributed by atoms with E-state index in [1.165, 1.54) is 11.1 Å². The summed E-state index contributed by atoms with van der Waals surface area (Å²) in [4.78, 5) is 0. The molecule has 2 aromatic carbocycles. The van der Waals surface area contributed by atoms with Gasteiger partial charge in [-0.3, -0.25) is 0 Å². The number of ether oxygens (including phenoxy) is 1. The lowest BCUT2D eigenvalue weighted by atomic mass is 10.0. The van der Waals surface area contributed by atoms with E-state index in [-0.39, 0.29) is 6.10 Å². The molecule has 0 aliphatic heterocycles. The summed E-state index contributed by atoms with van der Waals surface area (Å²) in [6.07, 6.45) is 2.15. The zero-order valence-corrected chi connectivity index (χ0v) is 10.9. The third-order valence-electron chi connectivity index (χ3n) is 2.96. The van der Waals surface area contributed by atoms with Crippen LogP contribution in [0.3, 0.4) is 0 Å². The van der Waals surface area contributed by atoms with Crippen molar-refractivity contribution in [3.63, 3.8) is 0 Å². The highest BCUT2D eigenvalue weighted by Crippen LogP contribution is 2.22. The molecule has 0 saturated carbocycles. The third kappa shape index (κ3) is 3.71. The zero-order valence-electron chi connectivity index (χ0n) is 10.9. The SMILES string of the molecule is CCCOC(Cc1ccccc1)c1ccccc1. The fourth-order valence-electron chi connectivity index (χ4n) is 2.03. The van der Waals surface area contributed by atoms with E-state index in [2.05, 4.69) is 55.5 Å². The molecule has 2 rings (SSSR count). The second kappa shape index (κ2) is 6.97. The summed E-state index contributed by atoms with van der Waals surface area (Å²) in [5, 5.41) is 0. The lowest BCUT2D eigenvalue weighted by molar-refractivity contribution is 0.0533. The molecule has 0 aliphatic carbocycles. The summed E-state index contributed by atoms with van der Waals surface area (Å²) in [6, 6.07) is 21.0. The molecule has 1 atom stereocenters. The molecule has 0 bridgehead atoms. The van der Waals surface area contributed by atoms with Gasteiger partial charge in [0.15, 0.2) is 0 Å². The van der Waals surface area contributed by atoms with E-state index in [0.717, 1.165) is 19.4 Å². The fourth-order valence-corrected chi connectivity index (χ4v) is 2.03. The molecule has 0 fully saturated rings. The predicted octanol–water partition coefficient (Wildman–Crippen LogP) is 4.40. The molecule has 2 aromatic rings. The van der Waals surface area contributed by atoms with Gasteiger partial charge < -0.3 is 4.74 Å². The maximum absolute atomic E-state index is 5.98. The minimum Gasteiger partial charge on any atom is -0.373 e. The first kappa shape index (κ1) is 12.8. The summed E-state index contributed by atoms with van der Waals surface area (Å²) in [6.45, 7) is 2.96. The van der Waals surface area contributed by atoms with Crippen molar-refractivity contribution in [1.29, 1.82) is 0 Å². The van der Waals surface area contributed by atoms with Gasteiger partial charge in [-0.1, -0.05) is 67.6 Å². The molecule has 1 heteroatoms. The van der Waals surface area contributed by atoms with Crippen LogP contribution in [0.25, 0.3) is 0 Å². The van der Waals surface area contributed by atoms with Crippen LogP contribution < -0.4 is 0 Å². The van der Waals surface area contributed by atoms with Gasteiger partial charge in [0.1, 0.15) is 0 Å². The number of benzene rings is 2. The highest BCUT2D eigenvalue weighted by molar-refractivity contribution is 5.22. The molecule has 0 aliphatic rings. The van der Waals surface area contributed by atoms with Crippen LogP contribution in [-0.4, -0.2) is 6.61 Å². The first-order chi connectivity index (χ1) is 8.90. The van der Waals surface area contributed by atoms with Crippen molar-refractivity contribution in [3.8, 4) is 0 Å². The monoisotopic (exact) mass is 240 g/mol. The van der Waals surface area contributed by atoms with Gasteiger partial charge in [0.2, 0.25) is 0 Å². The van der Waals surface area contributed by atoms with Crippen LogP contribution in [0, 0.1) is 0 Å². The Morgan fingerprint density at radius 1 is 0.889 bits per heavy atom. The highest BCUT2D eigenvalue weighted by Gasteiger charge is 2.11. The van der Waals surface area contributed by atoms with Crippen LogP contribution in [0.4, 0.5) is 0 Å². The Bertz CT molecular complexity index is 436. The summed E-state index contributed by atoms with van der Waals surface area (Å²) >= 11 is 0. The van der Waals surface area contributed by atoms with Crippen LogP contribution in [0.5, 0.6) is 0 Å². The molecule has 0 spiro atoms. The number of hydrogen-bond acceptors (Lipinski definition) is 1. The van der Waals surface area contributed by atoms with Gasteiger partial charge in [0, 0.05) is 13.0 Å². The Labute approximate surface area is 109 Å². The summed E-state index contributed by atoms with van der Waals surface area (Å²) in [7, 11) is 0. The van der Waals surface area contributed by atoms with Crippen molar-refractivity contribution < 1.29 is 4.74 Å². The molecule has 0 aromatic heterocycles. The Balaban J connectivity index is 2.10. The van der Waals surface area contributed by atoms with Gasteiger partial charge >= 0.3 is 0 Å². The van der Waals surface area contributed by atoms with Gasteiger partial charge in [0.25, 0.3) is 0 Å². The topological polar surface area (TPSA) is 9.23 Å². The highest BCUT2D eigenvalue weighted by atomic mass is 16.5. The normalized spacial score (nSPS) is 12.3. The lowest BCUT2D eigenvalue weighted by Gasteiger charge is -2.18. The lowest BCUT2D eigenvalue weighted by Crippen LogP contribution is -2.08. The van der Waals surface area contributed by atoms with Gasteiger partial charge in [-0.2, -0.15) is 0 Å². The molecule has 0 heterocycles. The summed E-state index contributed by atoms with van der Waals surface area (Å²) in [5.41, 5.74) is 2.58. The van der Waals surface area contributed by atoms with Crippen LogP contribution >= 0.6 is 0 Å². The molecule has 0 amide bonds. The van der Waals surface area contributed by atoms with Gasteiger partial charge in [-0.25, -0.2) is 0 Å². The van der Waals surface area contributed by atoms with Crippen LogP contribution in [0.2, 0.25) is 0 Å². The second-order valence-electron chi connectivity index (χ2n) is 4.46. The maximum Gasteiger partial charge on any atom is 0.0865 e. The van der Waals surface area contributed by atoms with E-state index < -0.39 is 0 Å². The fraction of sp³-hybridized carbons (Fsp3) is 0.294. The van der Waals surface area contributed by atoms with Gasteiger partial charge in [-0.05, 0) is 17.5 Å². The first-order valence-corrected chi connectivity index (χ1v) is 6.60. The van der Waals surface area contributed by atoms with Gasteiger partial charge in [-0.15, -0.1) is 0 Å². The van der Waals surface area contributed by atoms with Crippen molar-refractivity contribution in [2.24, 2.45) is 0 Å². The van der Waals surface area contributed by atoms with Crippen LogP contribution in [-0.2, 0) is 11.2 Å². The van der Waals surface area contributed by atoms with Crippen molar-refractivity contribution in [1.82, 2.24) is 0 Å². The first-order valence-electron chi connectivity index (χ1n) is 6.60. The molecular formula is C17H20O. The Kier molecular flexibility index (Phi) is 4.98. The largest absolute Gasteiger partial charge is 0.373 e. The molecular weight excluding hydrogens is 220 g/mol. The molecule has 94 valence electrons. The van der Waals surface area contributed by atoms with Crippen molar-refractivity contribution >= 4 is 0 Å². The standard InChI is InChI=1S/C17H20O/c1-2-13-18-17(16-11-7-4-8-12-16)14-15-9-5-3-6-10-15/h3-12,17H,2,13-14H2,1H3. The van der Waals surface area contributed by atoms with Crippen molar-refractivity contribution in [3.05, 3.63) is 71.8 Å². The minimum atomic E-state index is 0.161.